The summed E-state index contributed by atoms with van der Waals surface area (Å²) >= 11 is 0. The largest absolute Gasteiger partial charge is 0.484 e. The highest BCUT2D eigenvalue weighted by molar-refractivity contribution is 5.92. The summed E-state index contributed by atoms with van der Waals surface area (Å²) in [4.78, 5) is 12.0. The van der Waals surface area contributed by atoms with Crippen LogP contribution in [0.25, 0.3) is 0 Å². The van der Waals surface area contributed by atoms with Gasteiger partial charge >= 0.3 is 0 Å². The molecule has 114 valence electrons. The van der Waals surface area contributed by atoms with Gasteiger partial charge in [-0.1, -0.05) is 18.2 Å². The first-order valence-corrected chi connectivity index (χ1v) is 7.51. The monoisotopic (exact) mass is 299 g/mol. The van der Waals surface area contributed by atoms with Gasteiger partial charge in [-0.25, -0.2) is 4.39 Å². The van der Waals surface area contributed by atoms with Gasteiger partial charge in [0.25, 0.3) is 5.91 Å². The third-order valence-corrected chi connectivity index (χ3v) is 3.84. The summed E-state index contributed by atoms with van der Waals surface area (Å²) in [6.07, 6.45) is 4.42. The Hall–Kier alpha value is -2.36. The number of carbonyl (C=O) groups is 1. The van der Waals surface area contributed by atoms with E-state index in [1.54, 1.807) is 12.1 Å². The highest BCUT2D eigenvalue weighted by Gasteiger charge is 2.14. The number of nitrogens with one attached hydrogen (secondary N) is 1. The van der Waals surface area contributed by atoms with Crippen LogP contribution in [-0.4, -0.2) is 12.5 Å². The van der Waals surface area contributed by atoms with Gasteiger partial charge in [0.05, 0.1) is 0 Å². The predicted molar refractivity (Wildman–Crippen MR) is 83.6 cm³/mol. The van der Waals surface area contributed by atoms with Crippen LogP contribution >= 0.6 is 0 Å². The maximum atomic E-state index is 13.0. The van der Waals surface area contributed by atoms with E-state index in [0.29, 0.717) is 5.75 Å². The van der Waals surface area contributed by atoms with Gasteiger partial charge in [0.15, 0.2) is 6.61 Å². The zero-order valence-corrected chi connectivity index (χ0v) is 12.3. The summed E-state index contributed by atoms with van der Waals surface area (Å²) in [6, 6.07) is 11.8. The van der Waals surface area contributed by atoms with Crippen LogP contribution < -0.4 is 10.1 Å². The lowest BCUT2D eigenvalue weighted by molar-refractivity contribution is -0.118. The van der Waals surface area contributed by atoms with Crippen molar-refractivity contribution in [2.45, 2.75) is 25.7 Å². The minimum absolute atomic E-state index is 0.132. The van der Waals surface area contributed by atoms with Crippen molar-refractivity contribution in [2.24, 2.45) is 0 Å². The van der Waals surface area contributed by atoms with Crippen LogP contribution in [0.4, 0.5) is 10.1 Å². The van der Waals surface area contributed by atoms with Crippen LogP contribution in [0.3, 0.4) is 0 Å². The van der Waals surface area contributed by atoms with E-state index in [0.717, 1.165) is 24.9 Å². The van der Waals surface area contributed by atoms with E-state index in [-0.39, 0.29) is 18.3 Å². The predicted octanol–water partition coefficient (Wildman–Crippen LogP) is 3.72. The van der Waals surface area contributed by atoms with E-state index in [2.05, 4.69) is 11.4 Å². The second kappa shape index (κ2) is 6.60. The van der Waals surface area contributed by atoms with Gasteiger partial charge in [0, 0.05) is 11.8 Å². The Morgan fingerprint density at radius 1 is 1.14 bits per heavy atom. The molecule has 0 saturated heterocycles. The van der Waals surface area contributed by atoms with E-state index < -0.39 is 0 Å². The third kappa shape index (κ3) is 3.45. The maximum Gasteiger partial charge on any atom is 0.262 e. The smallest absolute Gasteiger partial charge is 0.262 e. The van der Waals surface area contributed by atoms with Gasteiger partial charge < -0.3 is 10.1 Å². The summed E-state index contributed by atoms with van der Waals surface area (Å²) in [5.41, 5.74) is 3.41. The number of ether oxygens (including phenoxy) is 1. The van der Waals surface area contributed by atoms with Crippen molar-refractivity contribution in [3.63, 3.8) is 0 Å². The Bertz CT molecular complexity index is 685. The summed E-state index contributed by atoms with van der Waals surface area (Å²) in [6.45, 7) is -0.132. The molecule has 3 nitrogen and oxygen atoms in total. The molecule has 1 N–H and O–H groups in total. The van der Waals surface area contributed by atoms with E-state index in [4.69, 9.17) is 4.74 Å². The van der Waals surface area contributed by atoms with Gasteiger partial charge in [-0.3, -0.25) is 4.79 Å². The Labute approximate surface area is 129 Å². The van der Waals surface area contributed by atoms with Crippen molar-refractivity contribution < 1.29 is 13.9 Å². The second-order valence-corrected chi connectivity index (χ2v) is 5.44. The van der Waals surface area contributed by atoms with Crippen LogP contribution in [0, 0.1) is 5.82 Å². The summed E-state index contributed by atoms with van der Waals surface area (Å²) in [5.74, 6) is -0.261. The molecular weight excluding hydrogens is 281 g/mol. The van der Waals surface area contributed by atoms with E-state index in [1.807, 2.05) is 12.1 Å². The van der Waals surface area contributed by atoms with Crippen LogP contribution in [0.15, 0.2) is 42.5 Å². The SMILES string of the molecule is O=C(COc1cccc(F)c1)Nc1cccc2c1CCCC2. The molecule has 0 unspecified atom stereocenters. The molecule has 0 heterocycles. The van der Waals surface area contributed by atoms with Crippen LogP contribution in [-0.2, 0) is 17.6 Å². The van der Waals surface area contributed by atoms with Crippen molar-refractivity contribution in [1.82, 2.24) is 0 Å². The normalized spacial score (nSPS) is 13.3. The van der Waals surface area contributed by atoms with Gasteiger partial charge in [-0.2, -0.15) is 0 Å². The van der Waals surface area contributed by atoms with Gasteiger partial charge in [-0.05, 0) is 55.0 Å². The summed E-state index contributed by atoms with van der Waals surface area (Å²) in [7, 11) is 0. The molecule has 0 fully saturated rings. The lowest BCUT2D eigenvalue weighted by Gasteiger charge is -2.19. The van der Waals surface area contributed by atoms with Gasteiger partial charge in [0.2, 0.25) is 0 Å². The lowest BCUT2D eigenvalue weighted by atomic mass is 9.90. The molecule has 0 saturated carbocycles. The lowest BCUT2D eigenvalue weighted by Crippen LogP contribution is -2.21. The topological polar surface area (TPSA) is 38.3 Å². The molecule has 4 heteroatoms. The molecular formula is C18H18FNO2. The number of carbonyl (C=O) groups excluding carboxylic acids is 1. The molecule has 1 aliphatic carbocycles. The van der Waals surface area contributed by atoms with Crippen molar-refractivity contribution in [3.8, 4) is 5.75 Å². The van der Waals surface area contributed by atoms with Crippen LogP contribution in [0.5, 0.6) is 5.75 Å². The highest BCUT2D eigenvalue weighted by atomic mass is 19.1. The minimum Gasteiger partial charge on any atom is -0.484 e. The van der Waals surface area contributed by atoms with Crippen LogP contribution in [0.1, 0.15) is 24.0 Å². The molecule has 2 aromatic carbocycles. The number of amides is 1. The molecule has 0 aromatic heterocycles. The Balaban J connectivity index is 1.62. The average Bonchev–Trinajstić information content (AvgIpc) is 2.53. The zero-order chi connectivity index (χ0) is 15.4. The average molecular weight is 299 g/mol. The van der Waals surface area contributed by atoms with Crippen molar-refractivity contribution in [3.05, 3.63) is 59.4 Å². The molecule has 22 heavy (non-hydrogen) atoms. The first-order valence-electron chi connectivity index (χ1n) is 7.51. The number of hydrogen-bond acceptors (Lipinski definition) is 2. The zero-order valence-electron chi connectivity index (χ0n) is 12.3. The number of fused-ring (bicyclic) bond motifs is 1. The third-order valence-electron chi connectivity index (χ3n) is 3.84. The fraction of sp³-hybridized carbons (Fsp3) is 0.278. The maximum absolute atomic E-state index is 13.0. The Morgan fingerprint density at radius 2 is 1.95 bits per heavy atom. The van der Waals surface area contributed by atoms with E-state index >= 15 is 0 Å². The minimum atomic E-state index is -0.380. The molecule has 0 spiro atoms. The van der Waals surface area contributed by atoms with Gasteiger partial charge in [0.1, 0.15) is 11.6 Å². The molecule has 1 amide bonds. The molecule has 0 bridgehead atoms. The molecule has 0 radical (unpaired) electrons. The number of halogens is 1. The molecule has 0 atom stereocenters. The molecule has 3 rings (SSSR count). The quantitative estimate of drug-likeness (QED) is 0.934. The second-order valence-electron chi connectivity index (χ2n) is 5.44. The van der Waals surface area contributed by atoms with Crippen molar-refractivity contribution in [1.29, 1.82) is 0 Å². The van der Waals surface area contributed by atoms with Gasteiger partial charge in [-0.15, -0.1) is 0 Å². The summed E-state index contributed by atoms with van der Waals surface area (Å²) < 4.78 is 18.4. The first kappa shape index (κ1) is 14.6. The summed E-state index contributed by atoms with van der Waals surface area (Å²) in [5, 5.41) is 2.90. The van der Waals surface area contributed by atoms with E-state index in [9.17, 15) is 9.18 Å². The number of hydrogen-bond donors (Lipinski definition) is 1. The Kier molecular flexibility index (Phi) is 4.37. The fourth-order valence-corrected chi connectivity index (χ4v) is 2.79. The van der Waals surface area contributed by atoms with Crippen LogP contribution in [0.2, 0.25) is 0 Å². The molecule has 1 aliphatic rings. The molecule has 0 aliphatic heterocycles. The highest BCUT2D eigenvalue weighted by Crippen LogP contribution is 2.27. The standard InChI is InChI=1S/C18H18FNO2/c19-14-7-4-8-15(11-14)22-12-18(21)20-17-10-3-6-13-5-1-2-9-16(13)17/h3-4,6-8,10-11H,1-2,5,9,12H2,(H,20,21). The number of aryl methyl sites for hydroxylation is 1. The number of benzene rings is 2. The molecule has 2 aromatic rings. The van der Waals surface area contributed by atoms with Crippen molar-refractivity contribution in [2.75, 3.05) is 11.9 Å². The fourth-order valence-electron chi connectivity index (χ4n) is 2.79. The first-order chi connectivity index (χ1) is 10.7. The van der Waals surface area contributed by atoms with Crippen molar-refractivity contribution >= 4 is 11.6 Å². The van der Waals surface area contributed by atoms with E-state index in [1.165, 1.54) is 29.7 Å². The number of rotatable bonds is 4. The number of anilines is 1. The Morgan fingerprint density at radius 3 is 2.82 bits per heavy atom.